The second kappa shape index (κ2) is 11.7. The van der Waals surface area contributed by atoms with Crippen LogP contribution in [0, 0.1) is 0 Å². The van der Waals surface area contributed by atoms with Crippen LogP contribution in [0.4, 0.5) is 5.82 Å². The summed E-state index contributed by atoms with van der Waals surface area (Å²) in [5.74, 6) is 0.855. The zero-order valence-corrected chi connectivity index (χ0v) is 15.8. The van der Waals surface area contributed by atoms with Crippen molar-refractivity contribution in [2.75, 3.05) is 38.1 Å². The van der Waals surface area contributed by atoms with Crippen molar-refractivity contribution in [2.24, 2.45) is 5.73 Å². The Morgan fingerprint density at radius 2 is 1.87 bits per heavy atom. The summed E-state index contributed by atoms with van der Waals surface area (Å²) in [4.78, 5) is 20.5. The maximum atomic E-state index is 11.4. The van der Waals surface area contributed by atoms with Crippen molar-refractivity contribution in [3.05, 3.63) is 23.9 Å². The minimum absolute atomic E-state index is 0. The molecule has 6 nitrogen and oxygen atoms in total. The highest BCUT2D eigenvalue weighted by molar-refractivity contribution is 5.86. The van der Waals surface area contributed by atoms with Gasteiger partial charge in [-0.25, -0.2) is 4.98 Å². The Kier molecular flexibility index (Phi) is 12.4. The van der Waals surface area contributed by atoms with Crippen molar-refractivity contribution in [1.29, 1.82) is 0 Å². The molecule has 0 unspecified atom stereocenters. The maximum Gasteiger partial charge on any atom is 0.236 e. The first-order valence-corrected chi connectivity index (χ1v) is 6.98. The molecule has 1 fully saturated rings. The molecule has 2 rings (SSSR count). The second-order valence-corrected chi connectivity index (χ2v) is 5.32. The molecule has 134 valence electrons. The Labute approximate surface area is 156 Å². The third-order valence-corrected chi connectivity index (χ3v) is 3.52. The van der Waals surface area contributed by atoms with Gasteiger partial charge in [0.2, 0.25) is 5.91 Å². The number of hydrogen-bond donors (Lipinski definition) is 2. The number of carbonyl (C=O) groups excluding carboxylic acids is 1. The molecule has 1 aliphatic heterocycles. The van der Waals surface area contributed by atoms with Gasteiger partial charge in [-0.05, 0) is 25.6 Å². The van der Waals surface area contributed by atoms with E-state index < -0.39 is 6.04 Å². The van der Waals surface area contributed by atoms with Gasteiger partial charge in [0.05, 0.1) is 6.04 Å². The molecule has 0 radical (unpaired) electrons. The normalized spacial score (nSPS) is 15.5. The van der Waals surface area contributed by atoms with Gasteiger partial charge in [0.1, 0.15) is 5.82 Å². The molecule has 1 amide bonds. The van der Waals surface area contributed by atoms with E-state index in [9.17, 15) is 4.79 Å². The Bertz CT molecular complexity index is 450. The first-order chi connectivity index (χ1) is 9.56. The van der Waals surface area contributed by atoms with E-state index in [-0.39, 0.29) is 43.1 Å². The van der Waals surface area contributed by atoms with Gasteiger partial charge in [0.25, 0.3) is 0 Å². The van der Waals surface area contributed by atoms with Gasteiger partial charge < -0.3 is 20.9 Å². The van der Waals surface area contributed by atoms with Crippen molar-refractivity contribution in [3.8, 4) is 0 Å². The smallest absolute Gasteiger partial charge is 0.236 e. The summed E-state index contributed by atoms with van der Waals surface area (Å²) in [5.41, 5.74) is 6.48. The Balaban J connectivity index is 0. The van der Waals surface area contributed by atoms with Gasteiger partial charge in [-0.3, -0.25) is 4.79 Å². The van der Waals surface area contributed by atoms with Crippen molar-refractivity contribution < 1.29 is 4.79 Å². The van der Waals surface area contributed by atoms with Gasteiger partial charge in [0.15, 0.2) is 0 Å². The molecule has 1 atom stereocenters. The predicted molar refractivity (Wildman–Crippen MR) is 101 cm³/mol. The molecule has 0 saturated carbocycles. The summed E-state index contributed by atoms with van der Waals surface area (Å²) in [6, 6.07) is 3.54. The number of hydrogen-bond acceptors (Lipinski definition) is 5. The number of anilines is 1. The largest absolute Gasteiger partial charge is 0.354 e. The first kappa shape index (κ1) is 24.5. The summed E-state index contributed by atoms with van der Waals surface area (Å²) >= 11 is 0. The minimum Gasteiger partial charge on any atom is -0.354 e. The lowest BCUT2D eigenvalue weighted by Crippen LogP contribution is -2.44. The van der Waals surface area contributed by atoms with Crippen LogP contribution in [0.3, 0.4) is 0 Å². The van der Waals surface area contributed by atoms with Crippen LogP contribution in [0.2, 0.25) is 0 Å². The first-order valence-electron chi connectivity index (χ1n) is 6.98. The summed E-state index contributed by atoms with van der Waals surface area (Å²) in [6.07, 6.45) is 1.81. The maximum absolute atomic E-state index is 11.4. The third kappa shape index (κ3) is 7.54. The summed E-state index contributed by atoms with van der Waals surface area (Å²) in [5, 5.41) is 2.78. The topological polar surface area (TPSA) is 74.5 Å². The van der Waals surface area contributed by atoms with Gasteiger partial charge in [-0.2, -0.15) is 0 Å². The molecule has 9 heteroatoms. The minimum atomic E-state index is -0.479. The summed E-state index contributed by atoms with van der Waals surface area (Å²) in [7, 11) is 2.13. The van der Waals surface area contributed by atoms with Crippen molar-refractivity contribution >= 4 is 48.9 Å². The van der Waals surface area contributed by atoms with Crippen LogP contribution in [0.15, 0.2) is 18.3 Å². The van der Waals surface area contributed by atoms with Crippen molar-refractivity contribution in [3.63, 3.8) is 0 Å². The molecular formula is C14H26Cl3N5O. The van der Waals surface area contributed by atoms with Crippen molar-refractivity contribution in [2.45, 2.75) is 19.5 Å². The molecule has 0 bridgehead atoms. The van der Waals surface area contributed by atoms with E-state index in [0.29, 0.717) is 6.54 Å². The number of aromatic nitrogens is 1. The van der Waals surface area contributed by atoms with Gasteiger partial charge in [-0.1, -0.05) is 6.07 Å². The van der Waals surface area contributed by atoms with E-state index in [1.807, 2.05) is 18.3 Å². The number of nitrogens with two attached hydrogens (primary N) is 1. The molecular weight excluding hydrogens is 361 g/mol. The molecule has 0 aliphatic carbocycles. The average Bonchev–Trinajstić information content (AvgIpc) is 2.46. The summed E-state index contributed by atoms with van der Waals surface area (Å²) < 4.78 is 0. The highest BCUT2D eigenvalue weighted by Crippen LogP contribution is 2.13. The number of piperazine rings is 1. The van der Waals surface area contributed by atoms with Crippen LogP contribution in [0.1, 0.15) is 12.5 Å². The predicted octanol–water partition coefficient (Wildman–Crippen LogP) is 1.06. The number of halogens is 3. The number of likely N-dealkylation sites (N-methyl/N-ethyl adjacent to an activating group) is 1. The molecule has 1 saturated heterocycles. The molecule has 23 heavy (non-hydrogen) atoms. The molecule has 0 aromatic carbocycles. The van der Waals surface area contributed by atoms with Crippen LogP contribution >= 0.6 is 37.2 Å². The van der Waals surface area contributed by atoms with Crippen LogP contribution in [0.5, 0.6) is 0 Å². The van der Waals surface area contributed by atoms with Crippen LogP contribution in [-0.4, -0.2) is 55.1 Å². The van der Waals surface area contributed by atoms with E-state index in [4.69, 9.17) is 5.73 Å². The van der Waals surface area contributed by atoms with E-state index in [1.165, 1.54) is 0 Å². The van der Waals surface area contributed by atoms with Gasteiger partial charge in [-0.15, -0.1) is 37.2 Å². The Hall–Kier alpha value is -0.790. The number of carbonyl (C=O) groups is 1. The standard InChI is InChI=1S/C14H23N5O.3ClH/c1-11(15)14(20)17-10-12-3-4-13(16-9-12)19-7-5-18(2)6-8-19;;;/h3-4,9,11H,5-8,10,15H2,1-2H3,(H,17,20);3*1H/t11-;;;/m1.../s1. The number of nitrogens with one attached hydrogen (secondary N) is 1. The molecule has 1 aliphatic rings. The van der Waals surface area contributed by atoms with E-state index in [0.717, 1.165) is 37.6 Å². The van der Waals surface area contributed by atoms with Crippen molar-refractivity contribution in [1.82, 2.24) is 15.2 Å². The zero-order chi connectivity index (χ0) is 14.5. The highest BCUT2D eigenvalue weighted by atomic mass is 35.5. The number of nitrogens with zero attached hydrogens (tertiary/aromatic N) is 3. The fourth-order valence-corrected chi connectivity index (χ4v) is 2.09. The SMILES string of the molecule is C[C@@H](N)C(=O)NCc1ccc(N2CCN(C)CC2)nc1.Cl.Cl.Cl. The molecule has 3 N–H and O–H groups in total. The molecule has 0 spiro atoms. The second-order valence-electron chi connectivity index (χ2n) is 5.32. The summed E-state index contributed by atoms with van der Waals surface area (Å²) in [6.45, 7) is 6.27. The number of pyridine rings is 1. The molecule has 1 aromatic heterocycles. The van der Waals surface area contributed by atoms with E-state index in [1.54, 1.807) is 6.92 Å². The lowest BCUT2D eigenvalue weighted by Gasteiger charge is -2.33. The molecule has 1 aromatic rings. The highest BCUT2D eigenvalue weighted by Gasteiger charge is 2.15. The van der Waals surface area contributed by atoms with Gasteiger partial charge in [0, 0.05) is 38.9 Å². The third-order valence-electron chi connectivity index (χ3n) is 3.52. The van der Waals surface area contributed by atoms with E-state index >= 15 is 0 Å². The Morgan fingerprint density at radius 3 is 2.35 bits per heavy atom. The van der Waals surface area contributed by atoms with Crippen LogP contribution in [0.25, 0.3) is 0 Å². The van der Waals surface area contributed by atoms with Gasteiger partial charge >= 0.3 is 0 Å². The fraction of sp³-hybridized carbons (Fsp3) is 0.571. The monoisotopic (exact) mass is 385 g/mol. The van der Waals surface area contributed by atoms with Crippen LogP contribution in [-0.2, 0) is 11.3 Å². The fourth-order valence-electron chi connectivity index (χ4n) is 2.09. The Morgan fingerprint density at radius 1 is 1.26 bits per heavy atom. The number of amides is 1. The average molecular weight is 387 g/mol. The van der Waals surface area contributed by atoms with Crippen LogP contribution < -0.4 is 16.0 Å². The van der Waals surface area contributed by atoms with E-state index in [2.05, 4.69) is 27.1 Å². The lowest BCUT2D eigenvalue weighted by molar-refractivity contribution is -0.122. The quantitative estimate of drug-likeness (QED) is 0.809. The molecule has 2 heterocycles. The lowest BCUT2D eigenvalue weighted by atomic mass is 10.2. The number of rotatable bonds is 4. The zero-order valence-electron chi connectivity index (χ0n) is 13.4.